The monoisotopic (exact) mass is 226 g/mol. The summed E-state index contributed by atoms with van der Waals surface area (Å²) in [6, 6.07) is 1.92. The molecule has 1 fully saturated rings. The van der Waals surface area contributed by atoms with E-state index in [-0.39, 0.29) is 17.8 Å². The quantitative estimate of drug-likeness (QED) is 0.602. The molecule has 0 radical (unpaired) electrons. The second-order valence-corrected chi connectivity index (χ2v) is 4.07. The Hall–Kier alpha value is -1.69. The van der Waals surface area contributed by atoms with Gasteiger partial charge in [-0.3, -0.25) is 10.1 Å². The van der Waals surface area contributed by atoms with Crippen LogP contribution in [0.3, 0.4) is 0 Å². The normalized spacial score (nSPS) is 17.1. The summed E-state index contributed by atoms with van der Waals surface area (Å²) in [5, 5.41) is 20.1. The Balaban J connectivity index is 2.56. The van der Waals surface area contributed by atoms with Gasteiger partial charge in [0.1, 0.15) is 0 Å². The molecule has 3 N–H and O–H groups in total. The molecule has 6 heteroatoms. The predicted octanol–water partition coefficient (Wildman–Crippen LogP) is 1.43. The second kappa shape index (κ2) is 3.41. The molecule has 0 aromatic heterocycles. The molecule has 5 nitrogen and oxygen atoms in total. The lowest BCUT2D eigenvalue weighted by molar-refractivity contribution is -0.385. The summed E-state index contributed by atoms with van der Waals surface area (Å²) >= 11 is 0. The van der Waals surface area contributed by atoms with Gasteiger partial charge in [0, 0.05) is 23.6 Å². The van der Waals surface area contributed by atoms with Crippen LogP contribution in [0.15, 0.2) is 12.1 Å². The Bertz CT molecular complexity index is 458. The first-order valence-electron chi connectivity index (χ1n) is 4.87. The van der Waals surface area contributed by atoms with Crippen molar-refractivity contribution in [1.29, 1.82) is 0 Å². The average molecular weight is 226 g/mol. The molecule has 1 aliphatic rings. The van der Waals surface area contributed by atoms with Gasteiger partial charge in [0.05, 0.1) is 11.0 Å². The van der Waals surface area contributed by atoms with Gasteiger partial charge in [0.25, 0.3) is 5.69 Å². The van der Waals surface area contributed by atoms with Crippen LogP contribution in [0.2, 0.25) is 0 Å². The fourth-order valence-corrected chi connectivity index (χ4v) is 1.83. The van der Waals surface area contributed by atoms with E-state index in [9.17, 15) is 19.6 Å². The third-order valence-electron chi connectivity index (χ3n) is 3.07. The van der Waals surface area contributed by atoms with Crippen LogP contribution in [0.1, 0.15) is 18.4 Å². The van der Waals surface area contributed by atoms with E-state index in [1.54, 1.807) is 0 Å². The molecule has 0 spiro atoms. The summed E-state index contributed by atoms with van der Waals surface area (Å²) in [4.78, 5) is 9.90. The summed E-state index contributed by atoms with van der Waals surface area (Å²) in [5.41, 5.74) is 4.96. The van der Waals surface area contributed by atoms with Gasteiger partial charge in [-0.2, -0.15) is 0 Å². The fourth-order valence-electron chi connectivity index (χ4n) is 1.83. The number of nitrogens with zero attached hydrogens (tertiary/aromatic N) is 1. The Morgan fingerprint density at radius 1 is 1.56 bits per heavy atom. The standard InChI is InChI=1S/C10H11FN2O3/c11-8-4-6(13(15)16)3-7(9(8)14)10(5-12)1-2-10/h3-4,14H,1-2,5,12H2. The molecule has 16 heavy (non-hydrogen) atoms. The van der Waals surface area contributed by atoms with Gasteiger partial charge >= 0.3 is 0 Å². The number of non-ortho nitro benzene ring substituents is 1. The highest BCUT2D eigenvalue weighted by Gasteiger charge is 2.46. The minimum absolute atomic E-state index is 0.251. The maximum absolute atomic E-state index is 13.3. The summed E-state index contributed by atoms with van der Waals surface area (Å²) in [6.07, 6.45) is 1.44. The van der Waals surface area contributed by atoms with Crippen LogP contribution in [0.4, 0.5) is 10.1 Å². The molecule has 2 rings (SSSR count). The summed E-state index contributed by atoms with van der Waals surface area (Å²) in [7, 11) is 0. The Labute approximate surface area is 90.8 Å². The Morgan fingerprint density at radius 3 is 2.62 bits per heavy atom. The molecule has 0 atom stereocenters. The molecule has 1 aromatic rings. The lowest BCUT2D eigenvalue weighted by Gasteiger charge is -2.14. The van der Waals surface area contributed by atoms with Crippen LogP contribution in [0.25, 0.3) is 0 Å². The maximum Gasteiger partial charge on any atom is 0.272 e. The smallest absolute Gasteiger partial charge is 0.272 e. The van der Waals surface area contributed by atoms with Crippen molar-refractivity contribution >= 4 is 5.69 Å². The number of rotatable bonds is 3. The van der Waals surface area contributed by atoms with Crippen molar-refractivity contribution in [2.24, 2.45) is 5.73 Å². The summed E-state index contributed by atoms with van der Waals surface area (Å²) < 4.78 is 13.3. The van der Waals surface area contributed by atoms with Crippen LogP contribution >= 0.6 is 0 Å². The first-order valence-corrected chi connectivity index (χ1v) is 4.87. The van der Waals surface area contributed by atoms with Crippen LogP contribution in [0, 0.1) is 15.9 Å². The summed E-state index contributed by atoms with van der Waals surface area (Å²) in [5.74, 6) is -1.49. The third-order valence-corrected chi connectivity index (χ3v) is 3.07. The molecule has 0 bridgehead atoms. The predicted molar refractivity (Wildman–Crippen MR) is 54.7 cm³/mol. The van der Waals surface area contributed by atoms with Gasteiger partial charge in [-0.05, 0) is 12.8 Å². The first kappa shape index (κ1) is 10.8. The number of nitro groups is 1. The lowest BCUT2D eigenvalue weighted by atomic mass is 9.94. The molecule has 1 aliphatic carbocycles. The van der Waals surface area contributed by atoms with Crippen molar-refractivity contribution in [2.75, 3.05) is 6.54 Å². The molecular formula is C10H11FN2O3. The van der Waals surface area contributed by atoms with E-state index in [1.165, 1.54) is 6.07 Å². The number of phenols is 1. The van der Waals surface area contributed by atoms with Gasteiger partial charge in [-0.15, -0.1) is 0 Å². The van der Waals surface area contributed by atoms with Crippen molar-refractivity contribution in [3.63, 3.8) is 0 Å². The second-order valence-electron chi connectivity index (χ2n) is 4.07. The minimum Gasteiger partial charge on any atom is -0.505 e. The minimum atomic E-state index is -0.969. The van der Waals surface area contributed by atoms with E-state index in [4.69, 9.17) is 5.73 Å². The number of nitrogens with two attached hydrogens (primary N) is 1. The highest BCUT2D eigenvalue weighted by atomic mass is 19.1. The number of nitro benzene ring substituents is 1. The van der Waals surface area contributed by atoms with Gasteiger partial charge in [0.15, 0.2) is 11.6 Å². The van der Waals surface area contributed by atoms with Gasteiger partial charge in [-0.25, -0.2) is 4.39 Å². The number of phenolic OH excluding ortho intramolecular Hbond substituents is 1. The summed E-state index contributed by atoms with van der Waals surface area (Å²) in [6.45, 7) is 0.251. The number of hydrogen-bond acceptors (Lipinski definition) is 4. The number of aromatic hydroxyl groups is 1. The molecule has 0 heterocycles. The van der Waals surface area contributed by atoms with Crippen molar-refractivity contribution in [2.45, 2.75) is 18.3 Å². The zero-order valence-electron chi connectivity index (χ0n) is 8.44. The molecule has 0 saturated heterocycles. The molecule has 0 unspecified atom stereocenters. The SMILES string of the molecule is NCC1(c2cc([N+](=O)[O-])cc(F)c2O)CC1. The molecule has 1 saturated carbocycles. The van der Waals surface area contributed by atoms with Crippen LogP contribution in [-0.4, -0.2) is 16.6 Å². The molecule has 1 aromatic carbocycles. The highest BCUT2D eigenvalue weighted by molar-refractivity contribution is 5.50. The number of benzene rings is 1. The van der Waals surface area contributed by atoms with Crippen LogP contribution < -0.4 is 5.73 Å². The van der Waals surface area contributed by atoms with Gasteiger partial charge < -0.3 is 10.8 Å². The molecule has 86 valence electrons. The van der Waals surface area contributed by atoms with Crippen LogP contribution in [-0.2, 0) is 5.41 Å². The maximum atomic E-state index is 13.3. The Morgan fingerprint density at radius 2 is 2.19 bits per heavy atom. The van der Waals surface area contributed by atoms with Crippen molar-refractivity contribution in [3.05, 3.63) is 33.6 Å². The largest absolute Gasteiger partial charge is 0.505 e. The topological polar surface area (TPSA) is 89.4 Å². The van der Waals surface area contributed by atoms with Gasteiger partial charge in [0.2, 0.25) is 0 Å². The molecule has 0 amide bonds. The third kappa shape index (κ3) is 1.51. The number of hydrogen-bond donors (Lipinski definition) is 2. The fraction of sp³-hybridized carbons (Fsp3) is 0.400. The molecule has 0 aliphatic heterocycles. The molecular weight excluding hydrogens is 215 g/mol. The van der Waals surface area contributed by atoms with Crippen molar-refractivity contribution < 1.29 is 14.4 Å². The first-order chi connectivity index (χ1) is 7.50. The Kier molecular flexibility index (Phi) is 2.31. The zero-order chi connectivity index (χ0) is 11.9. The van der Waals surface area contributed by atoms with E-state index in [1.807, 2.05) is 0 Å². The zero-order valence-corrected chi connectivity index (χ0v) is 8.44. The van der Waals surface area contributed by atoms with E-state index in [0.29, 0.717) is 6.07 Å². The van der Waals surface area contributed by atoms with Gasteiger partial charge in [-0.1, -0.05) is 0 Å². The number of halogens is 1. The van der Waals surface area contributed by atoms with E-state index >= 15 is 0 Å². The van der Waals surface area contributed by atoms with Crippen molar-refractivity contribution in [1.82, 2.24) is 0 Å². The average Bonchev–Trinajstić information content (AvgIpc) is 3.02. The van der Waals surface area contributed by atoms with E-state index in [0.717, 1.165) is 12.8 Å². The highest BCUT2D eigenvalue weighted by Crippen LogP contribution is 2.51. The van der Waals surface area contributed by atoms with E-state index in [2.05, 4.69) is 0 Å². The van der Waals surface area contributed by atoms with E-state index < -0.39 is 21.9 Å². The van der Waals surface area contributed by atoms with Crippen molar-refractivity contribution in [3.8, 4) is 5.75 Å². The lowest BCUT2D eigenvalue weighted by Crippen LogP contribution is -2.20. The van der Waals surface area contributed by atoms with Crippen LogP contribution in [0.5, 0.6) is 5.75 Å².